The van der Waals surface area contributed by atoms with E-state index in [0.29, 0.717) is 39.8 Å². The normalized spacial score (nSPS) is 22.7. The monoisotopic (exact) mass is 424 g/mol. The van der Waals surface area contributed by atoms with Crippen LogP contribution in [0, 0.1) is 0 Å². The van der Waals surface area contributed by atoms with Crippen molar-refractivity contribution in [3.63, 3.8) is 0 Å². The Morgan fingerprint density at radius 1 is 1.34 bits per heavy atom. The van der Waals surface area contributed by atoms with Gasteiger partial charge in [0.1, 0.15) is 10.5 Å². The van der Waals surface area contributed by atoms with Gasteiger partial charge in [0.2, 0.25) is 0 Å². The highest BCUT2D eigenvalue weighted by molar-refractivity contribution is 7.13. The molecule has 0 aliphatic carbocycles. The molecule has 1 aromatic carbocycles. The Bertz CT molecular complexity index is 1000. The summed E-state index contributed by atoms with van der Waals surface area (Å²) in [7, 11) is 0. The van der Waals surface area contributed by atoms with Gasteiger partial charge in [-0.3, -0.25) is 0 Å². The number of piperidine rings is 1. The van der Waals surface area contributed by atoms with Gasteiger partial charge >= 0.3 is 6.18 Å². The summed E-state index contributed by atoms with van der Waals surface area (Å²) in [6.45, 7) is 3.03. The van der Waals surface area contributed by atoms with Gasteiger partial charge in [-0.25, -0.2) is 4.98 Å². The van der Waals surface area contributed by atoms with Crippen LogP contribution < -0.4 is 10.2 Å². The van der Waals surface area contributed by atoms with Crippen LogP contribution in [-0.2, 0) is 4.74 Å². The lowest BCUT2D eigenvalue weighted by molar-refractivity contribution is -0.222. The zero-order chi connectivity index (χ0) is 20.2. The van der Waals surface area contributed by atoms with E-state index in [1.807, 2.05) is 4.90 Å². The third-order valence-corrected chi connectivity index (χ3v) is 6.10. The molecule has 0 radical (unpaired) electrons. The quantitative estimate of drug-likeness (QED) is 0.664. The fourth-order valence-electron chi connectivity index (χ4n) is 4.06. The van der Waals surface area contributed by atoms with Gasteiger partial charge in [-0.1, -0.05) is 0 Å². The molecule has 3 aliphatic rings. The van der Waals surface area contributed by atoms with E-state index in [-0.39, 0.29) is 12.2 Å². The summed E-state index contributed by atoms with van der Waals surface area (Å²) in [5.74, 6) is 0. The molecule has 5 heterocycles. The average molecular weight is 424 g/mol. The van der Waals surface area contributed by atoms with Crippen LogP contribution in [0.3, 0.4) is 0 Å². The number of hydrogen-bond donors (Lipinski definition) is 1. The zero-order valence-corrected chi connectivity index (χ0v) is 16.4. The number of rotatable bonds is 5. The number of oxazole rings is 1. The molecule has 6 nitrogen and oxygen atoms in total. The minimum absolute atomic E-state index is 0.0000537. The molecule has 0 saturated carbocycles. The smallest absolute Gasteiger partial charge is 0.418 e. The summed E-state index contributed by atoms with van der Waals surface area (Å²) in [5, 5.41) is 5.80. The maximum atomic E-state index is 13.6. The summed E-state index contributed by atoms with van der Waals surface area (Å²) in [6, 6.07) is 4.12. The average Bonchev–Trinajstić information content (AvgIpc) is 3.33. The molecule has 3 saturated heterocycles. The van der Waals surface area contributed by atoms with Crippen LogP contribution in [-0.4, -0.2) is 47.9 Å². The van der Waals surface area contributed by atoms with Gasteiger partial charge in [-0.2, -0.15) is 18.2 Å². The molecular formula is C19H19F3N4O2S. The van der Waals surface area contributed by atoms with Gasteiger partial charge in [0.05, 0.1) is 5.56 Å². The number of fused-ring (bicyclic) bond motifs is 3. The van der Waals surface area contributed by atoms with Crippen molar-refractivity contribution in [1.29, 1.82) is 0 Å². The minimum Gasteiger partial charge on any atom is -0.423 e. The molecule has 1 N–H and O–H groups in total. The zero-order valence-electron chi connectivity index (χ0n) is 15.6. The lowest BCUT2D eigenvalue weighted by atomic mass is 9.92. The molecule has 0 amide bonds. The Balaban J connectivity index is 1.62. The number of ether oxygens (including phenoxy) is 1. The molecule has 2 bridgehead atoms. The molecule has 6 rings (SSSR count). The molecule has 3 aliphatic heterocycles. The fourth-order valence-corrected chi connectivity index (χ4v) is 4.71. The first-order valence-electron chi connectivity index (χ1n) is 9.46. The molecule has 10 heteroatoms. The highest BCUT2D eigenvalue weighted by Gasteiger charge is 2.43. The largest absolute Gasteiger partial charge is 0.423 e. The summed E-state index contributed by atoms with van der Waals surface area (Å²) in [4.78, 5) is 10.8. The van der Waals surface area contributed by atoms with Crippen LogP contribution in [0.2, 0.25) is 0 Å². The molecule has 2 aromatic heterocycles. The first-order chi connectivity index (χ1) is 13.9. The minimum atomic E-state index is -4.53. The van der Waals surface area contributed by atoms with Gasteiger partial charge in [0, 0.05) is 43.4 Å². The summed E-state index contributed by atoms with van der Waals surface area (Å²) >= 11 is 1.34. The number of aromatic nitrogens is 2. The van der Waals surface area contributed by atoms with E-state index in [0.717, 1.165) is 19.5 Å². The fraction of sp³-hybridized carbons (Fsp3) is 0.474. The van der Waals surface area contributed by atoms with Gasteiger partial charge < -0.3 is 19.4 Å². The van der Waals surface area contributed by atoms with E-state index < -0.39 is 12.3 Å². The van der Waals surface area contributed by atoms with Crippen molar-refractivity contribution < 1.29 is 22.3 Å². The number of nitrogens with one attached hydrogen (secondary N) is 1. The van der Waals surface area contributed by atoms with Crippen LogP contribution in [0.4, 0.5) is 19.2 Å². The molecule has 3 aromatic rings. The third-order valence-electron chi connectivity index (χ3n) is 5.29. The number of hydrogen-bond acceptors (Lipinski definition) is 7. The van der Waals surface area contributed by atoms with E-state index >= 15 is 0 Å². The van der Waals surface area contributed by atoms with Crippen molar-refractivity contribution in [2.24, 2.45) is 0 Å². The molecule has 0 spiro atoms. The molecule has 29 heavy (non-hydrogen) atoms. The molecule has 3 atom stereocenters. The molecule has 154 valence electrons. The number of anilines is 1. The van der Waals surface area contributed by atoms with Crippen molar-refractivity contribution in [2.75, 3.05) is 24.6 Å². The van der Waals surface area contributed by atoms with E-state index in [9.17, 15) is 13.2 Å². The van der Waals surface area contributed by atoms with E-state index in [1.165, 1.54) is 23.5 Å². The summed E-state index contributed by atoms with van der Waals surface area (Å²) in [6.07, 6.45) is -3.81. The highest BCUT2D eigenvalue weighted by Crippen LogP contribution is 2.41. The van der Waals surface area contributed by atoms with Crippen LogP contribution in [0.1, 0.15) is 25.0 Å². The summed E-state index contributed by atoms with van der Waals surface area (Å²) < 4.78 is 51.9. The molecule has 3 unspecified atom stereocenters. The second kappa shape index (κ2) is 6.96. The van der Waals surface area contributed by atoms with Crippen molar-refractivity contribution in [3.8, 4) is 10.6 Å². The number of benzene rings is 1. The van der Waals surface area contributed by atoms with E-state index in [2.05, 4.69) is 15.3 Å². The number of alkyl halides is 3. The predicted molar refractivity (Wildman–Crippen MR) is 103 cm³/mol. The second-order valence-corrected chi connectivity index (χ2v) is 8.22. The number of thiazole rings is 1. The molecule has 3 fully saturated rings. The Labute approximate surface area is 168 Å². The van der Waals surface area contributed by atoms with Gasteiger partial charge in [-0.15, -0.1) is 11.3 Å². The van der Waals surface area contributed by atoms with Crippen LogP contribution >= 0.6 is 11.3 Å². The Kier molecular flexibility index (Phi) is 4.52. The van der Waals surface area contributed by atoms with Crippen molar-refractivity contribution in [1.82, 2.24) is 15.3 Å². The van der Waals surface area contributed by atoms with Gasteiger partial charge in [0.25, 0.3) is 6.01 Å². The summed E-state index contributed by atoms with van der Waals surface area (Å²) in [5.41, 5.74) is 1.33. The Hall–Kier alpha value is -2.17. The van der Waals surface area contributed by atoms with Gasteiger partial charge in [-0.05, 0) is 31.0 Å². The van der Waals surface area contributed by atoms with Crippen molar-refractivity contribution >= 4 is 28.5 Å². The van der Waals surface area contributed by atoms with Gasteiger partial charge in [0.15, 0.2) is 11.7 Å². The maximum Gasteiger partial charge on any atom is 0.418 e. The van der Waals surface area contributed by atoms with Crippen molar-refractivity contribution in [2.45, 2.75) is 37.7 Å². The molecular weight excluding hydrogens is 405 g/mol. The first-order valence-corrected chi connectivity index (χ1v) is 10.3. The van der Waals surface area contributed by atoms with Crippen LogP contribution in [0.25, 0.3) is 21.7 Å². The Morgan fingerprint density at radius 3 is 2.72 bits per heavy atom. The lowest BCUT2D eigenvalue weighted by Gasteiger charge is -2.47. The first kappa shape index (κ1) is 18.8. The van der Waals surface area contributed by atoms with Crippen LogP contribution in [0.15, 0.2) is 28.1 Å². The second-order valence-electron chi connectivity index (χ2n) is 7.33. The SMILES string of the molecule is CCOC(c1cc(-c2nccs2)c2oc(N3CC4CC(C3)N4)nc2c1)C(F)(F)F. The predicted octanol–water partition coefficient (Wildman–Crippen LogP) is 4.14. The highest BCUT2D eigenvalue weighted by atomic mass is 32.1. The number of halogens is 3. The topological polar surface area (TPSA) is 63.4 Å². The number of nitrogens with zero attached hydrogens (tertiary/aromatic N) is 3. The van der Waals surface area contributed by atoms with E-state index in [4.69, 9.17) is 9.15 Å². The standard InChI is InChI=1S/C19H19F3N4O2S/c1-2-27-16(19(20,21)22)10-5-13(17-23-3-4-29-17)15-14(6-10)25-18(28-15)26-8-11-7-12(9-26)24-11/h3-6,11-12,16,24H,2,7-9H2,1H3. The van der Waals surface area contributed by atoms with Crippen molar-refractivity contribution in [3.05, 3.63) is 29.3 Å². The van der Waals surface area contributed by atoms with Crippen LogP contribution in [0.5, 0.6) is 0 Å². The third kappa shape index (κ3) is 3.38. The number of piperazine rings is 1. The lowest BCUT2D eigenvalue weighted by Crippen LogP contribution is -2.67. The Morgan fingerprint density at radius 2 is 2.10 bits per heavy atom. The maximum absolute atomic E-state index is 13.6. The van der Waals surface area contributed by atoms with E-state index in [1.54, 1.807) is 18.5 Å².